The second kappa shape index (κ2) is 7.40. The van der Waals surface area contributed by atoms with Crippen LogP contribution in [0.25, 0.3) is 5.65 Å². The first-order valence-electron chi connectivity index (χ1n) is 7.78. The van der Waals surface area contributed by atoms with Gasteiger partial charge in [0.05, 0.1) is 0 Å². The molecular formula is C17H15ClN4O4. The average molecular weight is 375 g/mol. The molecule has 9 heteroatoms. The fourth-order valence-electron chi connectivity index (χ4n) is 2.63. The number of benzene rings is 1. The molecule has 0 aliphatic rings. The van der Waals surface area contributed by atoms with Crippen LogP contribution < -0.4 is 10.7 Å². The van der Waals surface area contributed by atoms with Crippen molar-refractivity contribution in [3.05, 3.63) is 68.7 Å². The predicted octanol–water partition coefficient (Wildman–Crippen LogP) is 1.28. The molecule has 3 rings (SSSR count). The van der Waals surface area contributed by atoms with Crippen molar-refractivity contribution in [2.45, 2.75) is 12.8 Å². The van der Waals surface area contributed by atoms with Crippen LogP contribution in [0.4, 0.5) is 0 Å². The van der Waals surface area contributed by atoms with E-state index in [9.17, 15) is 14.4 Å². The minimum absolute atomic E-state index is 0.159. The van der Waals surface area contributed by atoms with Gasteiger partial charge in [0.1, 0.15) is 18.4 Å². The normalized spacial score (nSPS) is 10.8. The largest absolute Gasteiger partial charge is 0.480 e. The first-order chi connectivity index (χ1) is 12.5. The molecule has 0 aliphatic heterocycles. The van der Waals surface area contributed by atoms with Gasteiger partial charge in [0.2, 0.25) is 0 Å². The van der Waals surface area contributed by atoms with Crippen LogP contribution in [0.5, 0.6) is 0 Å². The number of fused-ring (bicyclic) bond motifs is 1. The molecule has 1 aromatic carbocycles. The molecule has 0 spiro atoms. The number of carboxylic acid groups (broad SMARTS) is 1. The third-order valence-electron chi connectivity index (χ3n) is 3.85. The van der Waals surface area contributed by atoms with Gasteiger partial charge in [-0.2, -0.15) is 0 Å². The number of aromatic nitrogens is 3. The first-order valence-corrected chi connectivity index (χ1v) is 8.16. The van der Waals surface area contributed by atoms with E-state index in [1.54, 1.807) is 16.6 Å². The molecule has 26 heavy (non-hydrogen) atoms. The van der Waals surface area contributed by atoms with Gasteiger partial charge in [-0.3, -0.25) is 19.5 Å². The van der Waals surface area contributed by atoms with Crippen LogP contribution in [0.1, 0.15) is 21.6 Å². The van der Waals surface area contributed by atoms with Crippen LogP contribution in [-0.4, -0.2) is 38.1 Å². The number of amides is 1. The fraction of sp³-hybridized carbons (Fsp3) is 0.176. The zero-order valence-electron chi connectivity index (χ0n) is 13.5. The Labute approximate surface area is 152 Å². The molecule has 2 aromatic heterocycles. The van der Waals surface area contributed by atoms with Crippen molar-refractivity contribution in [2.75, 3.05) is 6.54 Å². The van der Waals surface area contributed by atoms with Crippen LogP contribution >= 0.6 is 11.6 Å². The van der Waals surface area contributed by atoms with Gasteiger partial charge >= 0.3 is 5.97 Å². The molecule has 0 saturated heterocycles. The lowest BCUT2D eigenvalue weighted by atomic mass is 10.1. The second-order valence-electron chi connectivity index (χ2n) is 5.62. The van der Waals surface area contributed by atoms with Gasteiger partial charge in [-0.15, -0.1) is 0 Å². The zero-order chi connectivity index (χ0) is 18.7. The number of aromatic amines is 1. The molecule has 3 N–H and O–H groups in total. The minimum Gasteiger partial charge on any atom is -0.480 e. The first kappa shape index (κ1) is 17.7. The summed E-state index contributed by atoms with van der Waals surface area (Å²) in [6.07, 6.45) is 2.58. The van der Waals surface area contributed by atoms with E-state index in [0.29, 0.717) is 23.6 Å². The lowest BCUT2D eigenvalue weighted by molar-refractivity contribution is -0.135. The molecule has 0 unspecified atom stereocenters. The lowest BCUT2D eigenvalue weighted by Crippen LogP contribution is -2.33. The third-order valence-corrected chi connectivity index (χ3v) is 4.10. The number of hydrogen-bond donors (Lipinski definition) is 3. The van der Waals surface area contributed by atoms with Crippen molar-refractivity contribution in [3.8, 4) is 0 Å². The number of aliphatic carboxylic acids is 1. The van der Waals surface area contributed by atoms with E-state index in [1.165, 1.54) is 12.4 Å². The number of pyridine rings is 1. The van der Waals surface area contributed by atoms with Gasteiger partial charge < -0.3 is 10.4 Å². The average Bonchev–Trinajstić information content (AvgIpc) is 3.08. The number of carboxylic acids is 1. The van der Waals surface area contributed by atoms with Crippen molar-refractivity contribution in [1.29, 1.82) is 0 Å². The van der Waals surface area contributed by atoms with Gasteiger partial charge in [-0.1, -0.05) is 23.7 Å². The summed E-state index contributed by atoms with van der Waals surface area (Å²) >= 11 is 5.87. The van der Waals surface area contributed by atoms with E-state index in [-0.39, 0.29) is 11.2 Å². The maximum absolute atomic E-state index is 12.4. The zero-order valence-corrected chi connectivity index (χ0v) is 14.3. The number of H-pyrrole nitrogens is 1. The number of carbonyl (C=O) groups is 2. The summed E-state index contributed by atoms with van der Waals surface area (Å²) in [7, 11) is 0. The molecule has 0 radical (unpaired) electrons. The number of aryl methyl sites for hydroxylation is 2. The fourth-order valence-corrected chi connectivity index (χ4v) is 2.75. The number of halogens is 1. The van der Waals surface area contributed by atoms with Crippen molar-refractivity contribution >= 4 is 29.1 Å². The van der Waals surface area contributed by atoms with Gasteiger partial charge in [0, 0.05) is 16.8 Å². The van der Waals surface area contributed by atoms with Gasteiger partial charge in [0.25, 0.3) is 5.91 Å². The maximum atomic E-state index is 12.4. The molecule has 0 fully saturated rings. The number of hydrogen-bond acceptors (Lipinski definition) is 4. The Balaban J connectivity index is 1.89. The molecule has 8 nitrogen and oxygen atoms in total. The third kappa shape index (κ3) is 3.75. The Hall–Kier alpha value is -3.13. The topological polar surface area (TPSA) is 117 Å². The van der Waals surface area contributed by atoms with Gasteiger partial charge in [-0.25, -0.2) is 9.50 Å². The highest BCUT2D eigenvalue weighted by Crippen LogP contribution is 2.13. The van der Waals surface area contributed by atoms with Gasteiger partial charge in [-0.05, 0) is 30.5 Å². The van der Waals surface area contributed by atoms with Crippen molar-refractivity contribution in [3.63, 3.8) is 0 Å². The highest BCUT2D eigenvalue weighted by molar-refractivity contribution is 6.30. The van der Waals surface area contributed by atoms with E-state index in [2.05, 4.69) is 15.4 Å². The lowest BCUT2D eigenvalue weighted by Gasteiger charge is -2.08. The molecule has 134 valence electrons. The van der Waals surface area contributed by atoms with E-state index in [0.717, 1.165) is 5.56 Å². The summed E-state index contributed by atoms with van der Waals surface area (Å²) < 4.78 is 1.55. The Morgan fingerprint density at radius 3 is 2.65 bits per heavy atom. The number of nitrogens with zero attached hydrogens (tertiary/aromatic N) is 2. The van der Waals surface area contributed by atoms with Crippen molar-refractivity contribution in [1.82, 2.24) is 19.9 Å². The standard InChI is InChI=1S/C17H15ClN4O4/c18-11-4-1-10(2-5-11)3-6-12-7-13(23)15(16-20-9-21-22(12)16)17(26)19-8-14(24)25/h1-2,4-5,7,9H,3,6,8H2,(H,19,26)(H,20,21)(H,24,25). The van der Waals surface area contributed by atoms with E-state index in [4.69, 9.17) is 16.7 Å². The van der Waals surface area contributed by atoms with Crippen LogP contribution in [0, 0.1) is 0 Å². The summed E-state index contributed by atoms with van der Waals surface area (Å²) in [5.41, 5.74) is 1.17. The Bertz CT molecular complexity index is 1020. The summed E-state index contributed by atoms with van der Waals surface area (Å²) in [6.45, 7) is -0.576. The smallest absolute Gasteiger partial charge is 0.322 e. The highest BCUT2D eigenvalue weighted by Gasteiger charge is 2.19. The van der Waals surface area contributed by atoms with Crippen LogP contribution in [0.2, 0.25) is 5.02 Å². The quantitative estimate of drug-likeness (QED) is 0.601. The Morgan fingerprint density at radius 1 is 1.23 bits per heavy atom. The molecule has 2 heterocycles. The van der Waals surface area contributed by atoms with Crippen LogP contribution in [-0.2, 0) is 17.6 Å². The van der Waals surface area contributed by atoms with Crippen molar-refractivity contribution in [2.24, 2.45) is 0 Å². The molecule has 0 saturated carbocycles. The minimum atomic E-state index is -1.20. The Kier molecular flexibility index (Phi) is 5.04. The number of nitrogens with one attached hydrogen (secondary N) is 2. The molecule has 1 amide bonds. The molecular weight excluding hydrogens is 360 g/mol. The second-order valence-corrected chi connectivity index (χ2v) is 6.06. The molecule has 0 aliphatic carbocycles. The summed E-state index contributed by atoms with van der Waals surface area (Å²) in [6, 6.07) is 8.76. The molecule has 0 bridgehead atoms. The maximum Gasteiger partial charge on any atom is 0.322 e. The van der Waals surface area contributed by atoms with Crippen LogP contribution in [0.15, 0.2) is 41.5 Å². The molecule has 0 atom stereocenters. The number of rotatable bonds is 6. The predicted molar refractivity (Wildman–Crippen MR) is 94.6 cm³/mol. The summed E-state index contributed by atoms with van der Waals surface area (Å²) in [5.74, 6) is -1.97. The molecule has 3 aromatic rings. The van der Waals surface area contributed by atoms with Gasteiger partial charge in [0.15, 0.2) is 11.1 Å². The van der Waals surface area contributed by atoms with E-state index >= 15 is 0 Å². The SMILES string of the molecule is O=C(O)CNC(=O)c1c(=O)cc(CCc2ccc(Cl)cc2)n2[nH]cnc12. The van der Waals surface area contributed by atoms with E-state index < -0.39 is 23.9 Å². The Morgan fingerprint density at radius 2 is 1.96 bits per heavy atom. The number of carbonyl (C=O) groups excluding carboxylic acids is 1. The van der Waals surface area contributed by atoms with Crippen molar-refractivity contribution < 1.29 is 14.7 Å². The summed E-state index contributed by atoms with van der Waals surface area (Å²) in [5, 5.41) is 14.4. The highest BCUT2D eigenvalue weighted by atomic mass is 35.5. The monoisotopic (exact) mass is 374 g/mol. The summed E-state index contributed by atoms with van der Waals surface area (Å²) in [4.78, 5) is 39.2. The van der Waals surface area contributed by atoms with Crippen LogP contribution in [0.3, 0.4) is 0 Å². The van der Waals surface area contributed by atoms with E-state index in [1.807, 2.05) is 12.1 Å².